The van der Waals surface area contributed by atoms with E-state index in [1.54, 1.807) is 6.07 Å². The molecule has 0 aromatic heterocycles. The molecule has 0 fully saturated rings. The third-order valence-electron chi connectivity index (χ3n) is 3.68. The van der Waals surface area contributed by atoms with Crippen molar-refractivity contribution < 1.29 is 9.13 Å². The highest BCUT2D eigenvalue weighted by Crippen LogP contribution is 2.24. The average molecular weight is 409 g/mol. The molecule has 0 saturated carbocycles. The molecule has 114 valence electrons. The summed E-state index contributed by atoms with van der Waals surface area (Å²) in [7, 11) is 0. The molecule has 2 nitrogen and oxygen atoms in total. The lowest BCUT2D eigenvalue weighted by Gasteiger charge is -2.15. The fraction of sp³-hybridized carbons (Fsp3) is 0.222. The molecule has 0 spiro atoms. The second kappa shape index (κ2) is 7.24. The maximum Gasteiger partial charge on any atom is 0.130 e. The maximum atomic E-state index is 13.8. The van der Waals surface area contributed by atoms with Crippen molar-refractivity contribution in [3.05, 3.63) is 69.1 Å². The molecule has 1 N–H and O–H groups in total. The number of rotatable bonds is 4. The first-order valence-electron chi connectivity index (χ1n) is 7.29. The third kappa shape index (κ3) is 3.87. The van der Waals surface area contributed by atoms with E-state index in [-0.39, 0.29) is 12.4 Å². The summed E-state index contributed by atoms with van der Waals surface area (Å²) >= 11 is 2.10. The zero-order valence-corrected chi connectivity index (χ0v) is 14.3. The van der Waals surface area contributed by atoms with Crippen LogP contribution in [-0.4, -0.2) is 13.1 Å². The number of hydrogen-bond donors (Lipinski definition) is 1. The van der Waals surface area contributed by atoms with Gasteiger partial charge in [-0.25, -0.2) is 4.39 Å². The Morgan fingerprint density at radius 1 is 1.18 bits per heavy atom. The Morgan fingerprint density at radius 2 is 2.09 bits per heavy atom. The van der Waals surface area contributed by atoms with Gasteiger partial charge in [0.15, 0.2) is 0 Å². The van der Waals surface area contributed by atoms with Gasteiger partial charge >= 0.3 is 0 Å². The predicted octanol–water partition coefficient (Wildman–Crippen LogP) is 4.39. The molecule has 4 heteroatoms. The van der Waals surface area contributed by atoms with Crippen LogP contribution in [0.5, 0.6) is 5.75 Å². The smallest absolute Gasteiger partial charge is 0.130 e. The summed E-state index contributed by atoms with van der Waals surface area (Å²) in [6.07, 6.45) is 3.23. The van der Waals surface area contributed by atoms with E-state index in [4.69, 9.17) is 4.74 Å². The lowest BCUT2D eigenvalue weighted by atomic mass is 10.0. The summed E-state index contributed by atoms with van der Waals surface area (Å²) in [6.45, 7) is 2.16. The first-order valence-corrected chi connectivity index (χ1v) is 8.37. The minimum atomic E-state index is -0.218. The van der Waals surface area contributed by atoms with Crippen LogP contribution in [0.1, 0.15) is 17.5 Å². The first kappa shape index (κ1) is 15.5. The molecule has 0 atom stereocenters. The Kier molecular flexibility index (Phi) is 5.10. The van der Waals surface area contributed by atoms with Crippen LogP contribution in [-0.2, 0) is 6.61 Å². The van der Waals surface area contributed by atoms with Gasteiger partial charge in [0, 0.05) is 15.7 Å². The van der Waals surface area contributed by atoms with Crippen LogP contribution >= 0.6 is 22.6 Å². The largest absolute Gasteiger partial charge is 0.489 e. The zero-order valence-electron chi connectivity index (χ0n) is 12.1. The summed E-state index contributed by atoms with van der Waals surface area (Å²) in [6, 6.07) is 13.2. The molecule has 22 heavy (non-hydrogen) atoms. The molecule has 1 aliphatic rings. The molecule has 2 aromatic rings. The van der Waals surface area contributed by atoms with Gasteiger partial charge in [0.2, 0.25) is 0 Å². The Morgan fingerprint density at radius 3 is 2.86 bits per heavy atom. The van der Waals surface area contributed by atoms with E-state index < -0.39 is 0 Å². The predicted molar refractivity (Wildman–Crippen MR) is 95.4 cm³/mol. The standard InChI is InChI=1S/C18H17FINO/c19-18-11-16(20)5-4-15(18)12-22-17-3-1-2-14(10-17)13-6-8-21-9-7-13/h1-6,10-11,21H,7-9,12H2. The van der Waals surface area contributed by atoms with Crippen molar-refractivity contribution in [2.45, 2.75) is 13.0 Å². The van der Waals surface area contributed by atoms with Crippen LogP contribution < -0.4 is 10.1 Å². The van der Waals surface area contributed by atoms with Crippen molar-refractivity contribution in [2.24, 2.45) is 0 Å². The Hall–Kier alpha value is -1.40. The average Bonchev–Trinajstić information content (AvgIpc) is 2.55. The second-order valence-corrected chi connectivity index (χ2v) is 6.48. The number of ether oxygens (including phenoxy) is 1. The van der Waals surface area contributed by atoms with Crippen molar-refractivity contribution in [1.82, 2.24) is 5.32 Å². The fourth-order valence-electron chi connectivity index (χ4n) is 2.47. The van der Waals surface area contributed by atoms with Gasteiger partial charge in [-0.2, -0.15) is 0 Å². The molecule has 0 saturated heterocycles. The molecule has 0 amide bonds. The number of nitrogens with one attached hydrogen (secondary N) is 1. The SMILES string of the molecule is Fc1cc(I)ccc1COc1cccc(C2=CCNCC2)c1. The van der Waals surface area contributed by atoms with Gasteiger partial charge in [-0.05, 0) is 71.0 Å². The number of halogens is 2. The summed E-state index contributed by atoms with van der Waals surface area (Å²) in [5.41, 5.74) is 3.10. The minimum absolute atomic E-state index is 0.218. The van der Waals surface area contributed by atoms with Crippen molar-refractivity contribution in [1.29, 1.82) is 0 Å². The van der Waals surface area contributed by atoms with Crippen molar-refractivity contribution in [3.8, 4) is 5.75 Å². The van der Waals surface area contributed by atoms with Gasteiger partial charge in [0.05, 0.1) is 0 Å². The number of hydrogen-bond acceptors (Lipinski definition) is 2. The molecule has 0 aliphatic carbocycles. The highest BCUT2D eigenvalue weighted by atomic mass is 127. The topological polar surface area (TPSA) is 21.3 Å². The van der Waals surface area contributed by atoms with E-state index in [0.717, 1.165) is 28.8 Å². The first-order chi connectivity index (χ1) is 10.7. The Bertz CT molecular complexity index is 699. The van der Waals surface area contributed by atoms with Crippen molar-refractivity contribution in [2.75, 3.05) is 13.1 Å². The molecule has 2 aromatic carbocycles. The highest BCUT2D eigenvalue weighted by molar-refractivity contribution is 14.1. The van der Waals surface area contributed by atoms with E-state index in [2.05, 4.69) is 40.1 Å². The highest BCUT2D eigenvalue weighted by Gasteiger charge is 2.08. The van der Waals surface area contributed by atoms with Gasteiger partial charge in [-0.1, -0.05) is 24.3 Å². The van der Waals surface area contributed by atoms with Gasteiger partial charge in [-0.3, -0.25) is 0 Å². The van der Waals surface area contributed by atoms with Crippen LogP contribution in [0.25, 0.3) is 5.57 Å². The quantitative estimate of drug-likeness (QED) is 0.757. The third-order valence-corrected chi connectivity index (χ3v) is 4.35. The molecule has 0 bridgehead atoms. The van der Waals surface area contributed by atoms with E-state index in [9.17, 15) is 4.39 Å². The molecule has 0 unspecified atom stereocenters. The lowest BCUT2D eigenvalue weighted by molar-refractivity contribution is 0.299. The van der Waals surface area contributed by atoms with Crippen LogP contribution in [0.4, 0.5) is 4.39 Å². The molecule has 1 heterocycles. The van der Waals surface area contributed by atoms with Crippen LogP contribution in [0.3, 0.4) is 0 Å². The maximum absolute atomic E-state index is 13.8. The van der Waals surface area contributed by atoms with Crippen molar-refractivity contribution in [3.63, 3.8) is 0 Å². The summed E-state index contributed by atoms with van der Waals surface area (Å²) in [4.78, 5) is 0. The molecular weight excluding hydrogens is 392 g/mol. The molecule has 0 radical (unpaired) electrons. The van der Waals surface area contributed by atoms with Crippen LogP contribution in [0.2, 0.25) is 0 Å². The zero-order chi connectivity index (χ0) is 15.4. The molecule has 1 aliphatic heterocycles. The lowest BCUT2D eigenvalue weighted by Crippen LogP contribution is -2.19. The van der Waals surface area contributed by atoms with Gasteiger partial charge < -0.3 is 10.1 Å². The summed E-state index contributed by atoms with van der Waals surface area (Å²) < 4.78 is 20.5. The number of benzene rings is 2. The minimum Gasteiger partial charge on any atom is -0.489 e. The fourth-order valence-corrected chi connectivity index (χ4v) is 2.92. The molecular formula is C18H17FINO. The molecule has 3 rings (SSSR count). The van der Waals surface area contributed by atoms with Gasteiger partial charge in [0.1, 0.15) is 18.2 Å². The van der Waals surface area contributed by atoms with Gasteiger partial charge in [0.25, 0.3) is 0 Å². The van der Waals surface area contributed by atoms with Gasteiger partial charge in [-0.15, -0.1) is 0 Å². The summed E-state index contributed by atoms with van der Waals surface area (Å²) in [5, 5.41) is 3.31. The monoisotopic (exact) mass is 409 g/mol. The van der Waals surface area contributed by atoms with Crippen molar-refractivity contribution >= 4 is 28.2 Å². The normalized spacial score (nSPS) is 14.5. The van der Waals surface area contributed by atoms with E-state index in [0.29, 0.717) is 5.56 Å². The summed E-state index contributed by atoms with van der Waals surface area (Å²) in [5.74, 6) is 0.555. The van der Waals surface area contributed by atoms with Crippen LogP contribution in [0, 0.1) is 9.39 Å². The van der Waals surface area contributed by atoms with Crippen LogP contribution in [0.15, 0.2) is 48.5 Å². The van der Waals surface area contributed by atoms with E-state index >= 15 is 0 Å². The van der Waals surface area contributed by atoms with E-state index in [1.165, 1.54) is 17.2 Å². The Balaban J connectivity index is 1.71. The Labute approximate surface area is 143 Å². The second-order valence-electron chi connectivity index (χ2n) is 5.24. The van der Waals surface area contributed by atoms with E-state index in [1.807, 2.05) is 24.3 Å².